The fourth-order valence-electron chi connectivity index (χ4n) is 2.37. The minimum atomic E-state index is -0.791. The summed E-state index contributed by atoms with van der Waals surface area (Å²) in [6.07, 6.45) is 1.07. The highest BCUT2D eigenvalue weighted by Gasteiger charge is 2.24. The van der Waals surface area contributed by atoms with Crippen molar-refractivity contribution < 1.29 is 14.6 Å². The summed E-state index contributed by atoms with van der Waals surface area (Å²) in [6, 6.07) is 12.1. The molecular formula is C17H12ClN7O5. The maximum atomic E-state index is 12.3. The van der Waals surface area contributed by atoms with Gasteiger partial charge in [0, 0.05) is 17.3 Å². The first-order valence-corrected chi connectivity index (χ1v) is 8.56. The van der Waals surface area contributed by atoms with Crippen LogP contribution in [0.4, 0.5) is 28.7 Å². The lowest BCUT2D eigenvalue weighted by Crippen LogP contribution is -2.30. The van der Waals surface area contributed by atoms with Crippen LogP contribution >= 0.6 is 11.6 Å². The Balaban J connectivity index is 1.82. The molecule has 0 spiro atoms. The van der Waals surface area contributed by atoms with Gasteiger partial charge in [-0.15, -0.1) is 0 Å². The van der Waals surface area contributed by atoms with Crippen LogP contribution in [0.25, 0.3) is 0 Å². The van der Waals surface area contributed by atoms with Crippen LogP contribution in [0.2, 0.25) is 5.02 Å². The van der Waals surface area contributed by atoms with Crippen LogP contribution in [0, 0.1) is 20.2 Å². The van der Waals surface area contributed by atoms with Gasteiger partial charge in [-0.1, -0.05) is 29.8 Å². The van der Waals surface area contributed by atoms with Crippen molar-refractivity contribution in [2.24, 2.45) is 0 Å². The van der Waals surface area contributed by atoms with E-state index in [1.807, 2.05) is 0 Å². The topological polar surface area (TPSA) is 165 Å². The van der Waals surface area contributed by atoms with Gasteiger partial charge in [-0.25, -0.2) is 9.97 Å². The quantitative estimate of drug-likeness (QED) is 0.376. The van der Waals surface area contributed by atoms with Gasteiger partial charge < -0.3 is 5.32 Å². The second kappa shape index (κ2) is 8.79. The highest BCUT2D eigenvalue weighted by Crippen LogP contribution is 2.30. The van der Waals surface area contributed by atoms with Crippen molar-refractivity contribution in [2.75, 3.05) is 10.7 Å². The summed E-state index contributed by atoms with van der Waals surface area (Å²) < 4.78 is 0. The highest BCUT2D eigenvalue weighted by atomic mass is 35.5. The summed E-state index contributed by atoms with van der Waals surface area (Å²) in [6.45, 7) is 0. The number of para-hydroxylation sites is 1. The molecule has 3 aromatic rings. The van der Waals surface area contributed by atoms with Gasteiger partial charge in [-0.05, 0) is 24.3 Å². The molecule has 0 radical (unpaired) electrons. The number of nitro benzene ring substituents is 1. The Morgan fingerprint density at radius 3 is 2.33 bits per heavy atom. The predicted molar refractivity (Wildman–Crippen MR) is 108 cm³/mol. The van der Waals surface area contributed by atoms with Gasteiger partial charge in [-0.2, -0.15) is 0 Å². The molecule has 1 aromatic heterocycles. The van der Waals surface area contributed by atoms with E-state index in [0.717, 1.165) is 12.4 Å². The molecule has 0 unspecified atom stereocenters. The monoisotopic (exact) mass is 429 g/mol. The summed E-state index contributed by atoms with van der Waals surface area (Å²) in [4.78, 5) is 41.0. The summed E-state index contributed by atoms with van der Waals surface area (Å²) in [5.74, 6) is -1.18. The predicted octanol–water partition coefficient (Wildman–Crippen LogP) is 3.45. The van der Waals surface area contributed by atoms with Crippen molar-refractivity contribution in [1.29, 1.82) is 0 Å². The van der Waals surface area contributed by atoms with Gasteiger partial charge in [0.05, 0.1) is 9.85 Å². The van der Waals surface area contributed by atoms with Gasteiger partial charge >= 0.3 is 5.69 Å². The number of hydrogen-bond donors (Lipinski definition) is 3. The summed E-state index contributed by atoms with van der Waals surface area (Å²) in [5.41, 5.74) is 4.07. The van der Waals surface area contributed by atoms with Crippen molar-refractivity contribution >= 4 is 46.2 Å². The Labute approximate surface area is 173 Å². The lowest BCUT2D eigenvalue weighted by molar-refractivity contribution is -0.384. The zero-order chi connectivity index (χ0) is 21.7. The lowest BCUT2D eigenvalue weighted by atomic mass is 10.2. The fraction of sp³-hybridized carbons (Fsp3) is 0. The summed E-state index contributed by atoms with van der Waals surface area (Å²) in [7, 11) is 0. The van der Waals surface area contributed by atoms with E-state index in [1.165, 1.54) is 12.1 Å². The summed E-state index contributed by atoms with van der Waals surface area (Å²) in [5, 5.41) is 25.2. The minimum absolute atomic E-state index is 0.0852. The molecule has 1 heterocycles. The van der Waals surface area contributed by atoms with Crippen LogP contribution in [0.15, 0.2) is 54.9 Å². The van der Waals surface area contributed by atoms with E-state index in [-0.39, 0.29) is 22.2 Å². The van der Waals surface area contributed by atoms with E-state index in [4.69, 9.17) is 11.6 Å². The second-order valence-corrected chi connectivity index (χ2v) is 6.08. The SMILES string of the molecule is O=C(NNc1ncnc(Nc2ccccc2)c1[N+](=O)[O-])c1ccc(Cl)c([N+](=O)[O-])c1. The molecule has 0 bridgehead atoms. The van der Waals surface area contributed by atoms with Crippen LogP contribution in [0.5, 0.6) is 0 Å². The first-order chi connectivity index (χ1) is 14.4. The fourth-order valence-corrected chi connectivity index (χ4v) is 2.56. The Kier molecular flexibility index (Phi) is 5.98. The Hall–Kier alpha value is -4.32. The van der Waals surface area contributed by atoms with Crippen LogP contribution < -0.4 is 16.2 Å². The molecule has 3 rings (SSSR count). The molecule has 0 saturated carbocycles. The maximum Gasteiger partial charge on any atom is 0.355 e. The van der Waals surface area contributed by atoms with Gasteiger partial charge in [0.2, 0.25) is 11.6 Å². The molecule has 0 fully saturated rings. The van der Waals surface area contributed by atoms with Gasteiger partial charge in [0.25, 0.3) is 11.6 Å². The second-order valence-electron chi connectivity index (χ2n) is 5.67. The molecule has 0 saturated heterocycles. The van der Waals surface area contributed by atoms with E-state index >= 15 is 0 Å². The van der Waals surface area contributed by atoms with Crippen molar-refractivity contribution in [3.05, 3.63) is 85.7 Å². The van der Waals surface area contributed by atoms with Gasteiger partial charge in [0.1, 0.15) is 11.3 Å². The molecule has 0 aliphatic heterocycles. The van der Waals surface area contributed by atoms with Gasteiger partial charge in [-0.3, -0.25) is 35.9 Å². The molecule has 0 aliphatic carbocycles. The minimum Gasteiger partial charge on any atom is -0.334 e. The molecule has 0 atom stereocenters. The average Bonchev–Trinajstić information content (AvgIpc) is 2.72. The van der Waals surface area contributed by atoms with E-state index in [1.54, 1.807) is 30.3 Å². The zero-order valence-corrected chi connectivity index (χ0v) is 15.7. The molecule has 152 valence electrons. The molecule has 13 heteroatoms. The van der Waals surface area contributed by atoms with Crippen LogP contribution in [-0.4, -0.2) is 25.7 Å². The average molecular weight is 430 g/mol. The highest BCUT2D eigenvalue weighted by molar-refractivity contribution is 6.32. The number of rotatable bonds is 7. The van der Waals surface area contributed by atoms with Crippen molar-refractivity contribution in [2.45, 2.75) is 0 Å². The molecule has 1 amide bonds. The lowest BCUT2D eigenvalue weighted by Gasteiger charge is -2.11. The Morgan fingerprint density at radius 1 is 0.967 bits per heavy atom. The molecule has 3 N–H and O–H groups in total. The van der Waals surface area contributed by atoms with Crippen molar-refractivity contribution in [1.82, 2.24) is 15.4 Å². The van der Waals surface area contributed by atoms with E-state index in [2.05, 4.69) is 26.1 Å². The standard InChI is InChI=1S/C17H12ClN7O5/c18-12-7-6-10(8-13(12)24(27)28)17(26)23-22-16-14(25(29)30)15(19-9-20-16)21-11-4-2-1-3-5-11/h1-9H,(H,23,26)(H2,19,20,21,22). The number of nitrogens with zero attached hydrogens (tertiary/aromatic N) is 4. The molecule has 0 aliphatic rings. The maximum absolute atomic E-state index is 12.3. The number of carbonyl (C=O) groups is 1. The number of carbonyl (C=O) groups excluding carboxylic acids is 1. The largest absolute Gasteiger partial charge is 0.355 e. The van der Waals surface area contributed by atoms with E-state index in [9.17, 15) is 25.0 Å². The number of hydrazine groups is 1. The van der Waals surface area contributed by atoms with Crippen molar-refractivity contribution in [3.63, 3.8) is 0 Å². The first kappa shape index (κ1) is 20.4. The third kappa shape index (κ3) is 4.56. The zero-order valence-electron chi connectivity index (χ0n) is 14.9. The third-order valence-corrected chi connectivity index (χ3v) is 4.06. The summed E-state index contributed by atoms with van der Waals surface area (Å²) >= 11 is 5.72. The third-order valence-electron chi connectivity index (χ3n) is 3.74. The number of anilines is 3. The van der Waals surface area contributed by atoms with Crippen molar-refractivity contribution in [3.8, 4) is 0 Å². The van der Waals surface area contributed by atoms with Crippen LogP contribution in [0.1, 0.15) is 10.4 Å². The van der Waals surface area contributed by atoms with Gasteiger partial charge in [0.15, 0.2) is 0 Å². The van der Waals surface area contributed by atoms with Crippen LogP contribution in [0.3, 0.4) is 0 Å². The van der Waals surface area contributed by atoms with E-state index in [0.29, 0.717) is 5.69 Å². The number of halogens is 1. The number of benzene rings is 2. The van der Waals surface area contributed by atoms with Crippen LogP contribution in [-0.2, 0) is 0 Å². The molecule has 2 aromatic carbocycles. The Bertz CT molecular complexity index is 1130. The molecule has 30 heavy (non-hydrogen) atoms. The normalized spacial score (nSPS) is 10.2. The Morgan fingerprint density at radius 2 is 1.67 bits per heavy atom. The van der Waals surface area contributed by atoms with E-state index < -0.39 is 27.1 Å². The number of nitrogens with one attached hydrogen (secondary N) is 3. The number of hydrogen-bond acceptors (Lipinski definition) is 9. The first-order valence-electron chi connectivity index (χ1n) is 8.18. The molecule has 12 nitrogen and oxygen atoms in total. The number of amides is 1. The molecular weight excluding hydrogens is 418 g/mol. The smallest absolute Gasteiger partial charge is 0.334 e. The number of nitro groups is 2. The number of aromatic nitrogens is 2.